The van der Waals surface area contributed by atoms with Crippen molar-refractivity contribution in [3.05, 3.63) is 37.6 Å². The quantitative estimate of drug-likeness (QED) is 0.711. The molecular weight excluding hydrogens is 396 g/mol. The van der Waals surface area contributed by atoms with Crippen molar-refractivity contribution in [2.75, 3.05) is 6.61 Å². The van der Waals surface area contributed by atoms with E-state index in [0.717, 1.165) is 0 Å². The van der Waals surface area contributed by atoms with E-state index in [-0.39, 0.29) is 18.6 Å². The van der Waals surface area contributed by atoms with Crippen molar-refractivity contribution in [2.45, 2.75) is 45.6 Å². The largest absolute Gasteiger partial charge is 0.462 e. The molecule has 2 N–H and O–H groups in total. The van der Waals surface area contributed by atoms with Gasteiger partial charge in [-0.25, -0.2) is 4.79 Å². The highest BCUT2D eigenvalue weighted by molar-refractivity contribution is 9.11. The van der Waals surface area contributed by atoms with Crippen LogP contribution in [-0.2, 0) is 14.3 Å². The number of nitrogens with zero attached hydrogens (tertiary/aromatic N) is 1. The third-order valence-electron chi connectivity index (χ3n) is 3.74. The van der Waals surface area contributed by atoms with Gasteiger partial charge in [0.1, 0.15) is 18.9 Å². The van der Waals surface area contributed by atoms with Gasteiger partial charge in [-0.3, -0.25) is 19.1 Å². The summed E-state index contributed by atoms with van der Waals surface area (Å²) in [4.78, 5) is 39.2. The Hall–Kier alpha value is -1.71. The fourth-order valence-corrected chi connectivity index (χ4v) is 2.60. The molecule has 0 aromatic carbocycles. The Morgan fingerprint density at radius 1 is 1.52 bits per heavy atom. The van der Waals surface area contributed by atoms with Crippen molar-refractivity contribution in [1.82, 2.24) is 9.55 Å². The minimum absolute atomic E-state index is 0.111. The van der Waals surface area contributed by atoms with Crippen LogP contribution in [0.1, 0.15) is 39.0 Å². The molecule has 2 rings (SSSR count). The first-order valence-electron chi connectivity index (χ1n) is 7.76. The van der Waals surface area contributed by atoms with Gasteiger partial charge in [-0.15, -0.1) is 0 Å². The average Bonchev–Trinajstić information content (AvgIpc) is 2.87. The smallest absolute Gasteiger partial charge is 0.330 e. The number of hydrogen-bond donors (Lipinski definition) is 2. The van der Waals surface area contributed by atoms with Crippen LogP contribution in [0.5, 0.6) is 0 Å². The maximum Gasteiger partial charge on any atom is 0.330 e. The minimum atomic E-state index is -0.897. The summed E-state index contributed by atoms with van der Waals surface area (Å²) < 4.78 is 12.0. The molecule has 0 aliphatic carbocycles. The number of ether oxygens (including phenoxy) is 2. The van der Waals surface area contributed by atoms with E-state index in [1.54, 1.807) is 20.8 Å². The van der Waals surface area contributed by atoms with Crippen LogP contribution in [-0.4, -0.2) is 39.4 Å². The van der Waals surface area contributed by atoms with E-state index < -0.39 is 41.1 Å². The predicted molar refractivity (Wildman–Crippen MR) is 94.2 cm³/mol. The third kappa shape index (κ3) is 4.68. The fraction of sp³-hybridized carbons (Fsp3) is 0.562. The molecule has 0 amide bonds. The summed E-state index contributed by atoms with van der Waals surface area (Å²) in [5, 5.41) is 10.1. The maximum absolute atomic E-state index is 12.0. The molecule has 1 fully saturated rings. The first-order valence-corrected chi connectivity index (χ1v) is 8.68. The molecule has 8 nitrogen and oxygen atoms in total. The van der Waals surface area contributed by atoms with Crippen LogP contribution in [0.4, 0.5) is 0 Å². The van der Waals surface area contributed by atoms with Crippen molar-refractivity contribution in [1.29, 1.82) is 0 Å². The number of aromatic nitrogens is 2. The maximum atomic E-state index is 12.0. The lowest BCUT2D eigenvalue weighted by atomic mass is 9.97. The zero-order valence-electron chi connectivity index (χ0n) is 14.2. The van der Waals surface area contributed by atoms with Crippen LogP contribution < -0.4 is 11.2 Å². The number of aromatic amines is 1. The number of hydrogen-bond acceptors (Lipinski definition) is 6. The second-order valence-electron chi connectivity index (χ2n) is 6.82. The molecule has 0 bridgehead atoms. The molecule has 3 atom stereocenters. The Balaban J connectivity index is 2.13. The molecule has 0 radical (unpaired) electrons. The Bertz CT molecular complexity index is 776. The third-order valence-corrected chi connectivity index (χ3v) is 4.01. The number of aliphatic hydroxyl groups is 1. The highest BCUT2D eigenvalue weighted by atomic mass is 79.9. The number of carbonyl (C=O) groups is 1. The molecule has 1 aliphatic rings. The number of esters is 1. The number of rotatable bonds is 4. The van der Waals surface area contributed by atoms with Crippen LogP contribution in [0.15, 0.2) is 20.8 Å². The summed E-state index contributed by atoms with van der Waals surface area (Å²) >= 11 is 3.08. The highest BCUT2D eigenvalue weighted by Crippen LogP contribution is 2.28. The lowest BCUT2D eigenvalue weighted by Crippen LogP contribution is -2.34. The van der Waals surface area contributed by atoms with Crippen molar-refractivity contribution < 1.29 is 19.4 Å². The van der Waals surface area contributed by atoms with Crippen LogP contribution in [0.3, 0.4) is 0 Å². The molecule has 25 heavy (non-hydrogen) atoms. The van der Waals surface area contributed by atoms with Crippen molar-refractivity contribution in [3.63, 3.8) is 0 Å². The van der Waals surface area contributed by atoms with Gasteiger partial charge in [0, 0.05) is 12.6 Å². The predicted octanol–water partition coefficient (Wildman–Crippen LogP) is 1.14. The van der Waals surface area contributed by atoms with Gasteiger partial charge in [0.2, 0.25) is 0 Å². The van der Waals surface area contributed by atoms with Gasteiger partial charge < -0.3 is 14.6 Å². The molecule has 9 heteroatoms. The summed E-state index contributed by atoms with van der Waals surface area (Å²) in [5.74, 6) is -0.405. The first-order chi connectivity index (χ1) is 11.6. The molecule has 0 saturated carbocycles. The van der Waals surface area contributed by atoms with Crippen LogP contribution >= 0.6 is 15.9 Å². The fourth-order valence-electron chi connectivity index (χ4n) is 2.31. The second kappa shape index (κ2) is 7.67. The van der Waals surface area contributed by atoms with Gasteiger partial charge in [0.25, 0.3) is 5.56 Å². The number of H-pyrrole nitrogens is 1. The van der Waals surface area contributed by atoms with E-state index in [1.165, 1.54) is 21.8 Å². The van der Waals surface area contributed by atoms with E-state index in [4.69, 9.17) is 9.47 Å². The number of aliphatic hydroxyl groups excluding tert-OH is 1. The van der Waals surface area contributed by atoms with Crippen molar-refractivity contribution >= 4 is 28.0 Å². The number of nitrogens with one attached hydrogen (secondary N) is 1. The summed E-state index contributed by atoms with van der Waals surface area (Å²) in [6.07, 6.45) is 0.584. The molecule has 1 saturated heterocycles. The Morgan fingerprint density at radius 3 is 2.80 bits per heavy atom. The normalized spacial score (nSPS) is 24.0. The molecule has 138 valence electrons. The molecule has 1 aromatic rings. The van der Waals surface area contributed by atoms with Gasteiger partial charge in [-0.2, -0.15) is 0 Å². The van der Waals surface area contributed by atoms with Gasteiger partial charge in [-0.05, 0) is 31.8 Å². The first kappa shape index (κ1) is 19.6. The van der Waals surface area contributed by atoms with Crippen molar-refractivity contribution in [3.8, 4) is 0 Å². The van der Waals surface area contributed by atoms with E-state index in [9.17, 15) is 19.5 Å². The zero-order valence-corrected chi connectivity index (χ0v) is 15.8. The lowest BCUT2D eigenvalue weighted by Gasteiger charge is -2.20. The Morgan fingerprint density at radius 2 is 2.20 bits per heavy atom. The van der Waals surface area contributed by atoms with E-state index in [1.807, 2.05) is 0 Å². The van der Waals surface area contributed by atoms with Gasteiger partial charge >= 0.3 is 11.7 Å². The van der Waals surface area contributed by atoms with Gasteiger partial charge in [0.05, 0.1) is 17.1 Å². The average molecular weight is 417 g/mol. The lowest BCUT2D eigenvalue weighted by molar-refractivity contribution is -0.159. The minimum Gasteiger partial charge on any atom is -0.462 e. The Labute approximate surface area is 152 Å². The summed E-state index contributed by atoms with van der Waals surface area (Å²) in [6.45, 7) is 5.06. The summed E-state index contributed by atoms with van der Waals surface area (Å²) in [7, 11) is 0. The second-order valence-corrected chi connectivity index (χ2v) is 7.35. The van der Waals surface area contributed by atoms with Crippen LogP contribution in [0.25, 0.3) is 6.08 Å². The van der Waals surface area contributed by atoms with Gasteiger partial charge in [0.15, 0.2) is 0 Å². The molecular formula is C16H21BrN2O6. The van der Waals surface area contributed by atoms with Crippen LogP contribution in [0, 0.1) is 5.41 Å². The highest BCUT2D eigenvalue weighted by Gasteiger charge is 2.37. The van der Waals surface area contributed by atoms with E-state index in [0.29, 0.717) is 0 Å². The van der Waals surface area contributed by atoms with E-state index >= 15 is 0 Å². The Kier molecular flexibility index (Phi) is 6.02. The summed E-state index contributed by atoms with van der Waals surface area (Å²) in [5.41, 5.74) is -1.56. The molecule has 2 heterocycles. The van der Waals surface area contributed by atoms with Gasteiger partial charge in [-0.1, -0.05) is 15.9 Å². The molecule has 0 spiro atoms. The van der Waals surface area contributed by atoms with Crippen molar-refractivity contribution in [2.24, 2.45) is 5.41 Å². The number of halogens is 1. The summed E-state index contributed by atoms with van der Waals surface area (Å²) in [6, 6.07) is 0. The topological polar surface area (TPSA) is 111 Å². The number of carbonyl (C=O) groups excluding carboxylic acids is 1. The van der Waals surface area contributed by atoms with E-state index in [2.05, 4.69) is 20.9 Å². The van der Waals surface area contributed by atoms with Crippen LogP contribution in [0.2, 0.25) is 0 Å². The molecule has 1 aliphatic heterocycles. The SMILES string of the molecule is CC(C)(C)C(=O)OC[C@@H]1O[C@H](n2cc(/C=C/Br)c(=O)[nH]c2=O)C[C@@H]1O. The monoisotopic (exact) mass is 416 g/mol. The molecule has 0 unspecified atom stereocenters. The zero-order chi connectivity index (χ0) is 18.8. The standard InChI is InChI=1S/C16H21BrN2O6/c1-16(2,3)14(22)24-8-11-10(20)6-12(25-11)19-7-9(4-5-17)13(21)18-15(19)23/h4-5,7,10-12,20H,6,8H2,1-3H3,(H,18,21,23)/b5-4+/t10-,11-,12-/m0/s1. The molecule has 1 aromatic heterocycles.